The Hall–Kier alpha value is -0.830. The van der Waals surface area contributed by atoms with Crippen LogP contribution in [-0.2, 0) is 4.79 Å². The number of hydrogen-bond acceptors (Lipinski definition) is 2. The van der Waals surface area contributed by atoms with E-state index < -0.39 is 5.97 Å². The van der Waals surface area contributed by atoms with Crippen LogP contribution in [0.3, 0.4) is 0 Å². The molecule has 0 amide bonds. The van der Waals surface area contributed by atoms with E-state index in [1.165, 1.54) is 6.42 Å². The first-order valence-electron chi connectivity index (χ1n) is 4.82. The number of hydrogen-bond donors (Lipinski definition) is 2. The van der Waals surface area contributed by atoms with Gasteiger partial charge in [0.25, 0.3) is 0 Å². The summed E-state index contributed by atoms with van der Waals surface area (Å²) in [5.74, 6) is 0.861. The molecule has 0 aliphatic heterocycles. The third-order valence-corrected chi connectivity index (χ3v) is 3.29. The minimum Gasteiger partial charge on any atom is -0.481 e. The average Bonchev–Trinajstić information content (AvgIpc) is 2.62. The SMILES string of the molecule is NC(CC(=O)O)C1CC2C=CC1C2. The molecule has 3 heteroatoms. The van der Waals surface area contributed by atoms with Crippen LogP contribution in [0, 0.1) is 17.8 Å². The van der Waals surface area contributed by atoms with Crippen LogP contribution in [-0.4, -0.2) is 17.1 Å². The molecule has 2 aliphatic rings. The lowest BCUT2D eigenvalue weighted by molar-refractivity contribution is -0.137. The maximum atomic E-state index is 10.5. The number of carboxylic acid groups (broad SMARTS) is 1. The topological polar surface area (TPSA) is 63.3 Å². The Balaban J connectivity index is 1.95. The predicted octanol–water partition coefficient (Wildman–Crippen LogP) is 1.00. The molecule has 4 atom stereocenters. The molecule has 4 unspecified atom stereocenters. The Morgan fingerprint density at radius 1 is 1.54 bits per heavy atom. The van der Waals surface area contributed by atoms with Crippen LogP contribution < -0.4 is 5.73 Å². The second kappa shape index (κ2) is 3.14. The summed E-state index contributed by atoms with van der Waals surface area (Å²) in [5, 5.41) is 8.62. The highest BCUT2D eigenvalue weighted by molar-refractivity contribution is 5.67. The van der Waals surface area contributed by atoms with Gasteiger partial charge in [-0.25, -0.2) is 0 Å². The summed E-state index contributed by atoms with van der Waals surface area (Å²) < 4.78 is 0. The maximum Gasteiger partial charge on any atom is 0.304 e. The van der Waals surface area contributed by atoms with Crippen LogP contribution >= 0.6 is 0 Å². The van der Waals surface area contributed by atoms with E-state index >= 15 is 0 Å². The van der Waals surface area contributed by atoms with Crippen molar-refractivity contribution in [3.63, 3.8) is 0 Å². The van der Waals surface area contributed by atoms with Crippen molar-refractivity contribution >= 4 is 5.97 Å². The van der Waals surface area contributed by atoms with Crippen molar-refractivity contribution in [1.29, 1.82) is 0 Å². The van der Waals surface area contributed by atoms with Crippen LogP contribution in [0.1, 0.15) is 19.3 Å². The molecule has 1 fully saturated rings. The van der Waals surface area contributed by atoms with Gasteiger partial charge in [0.1, 0.15) is 0 Å². The predicted molar refractivity (Wildman–Crippen MR) is 49.1 cm³/mol. The lowest BCUT2D eigenvalue weighted by atomic mass is 9.86. The van der Waals surface area contributed by atoms with E-state index in [0.29, 0.717) is 17.8 Å². The van der Waals surface area contributed by atoms with Gasteiger partial charge < -0.3 is 10.8 Å². The van der Waals surface area contributed by atoms with E-state index in [1.54, 1.807) is 0 Å². The molecule has 3 nitrogen and oxygen atoms in total. The number of fused-ring (bicyclic) bond motifs is 2. The van der Waals surface area contributed by atoms with Crippen molar-refractivity contribution in [3.8, 4) is 0 Å². The molecule has 0 heterocycles. The minimum atomic E-state index is -0.778. The van der Waals surface area contributed by atoms with Gasteiger partial charge in [-0.05, 0) is 30.6 Å². The molecule has 2 bridgehead atoms. The highest BCUT2D eigenvalue weighted by atomic mass is 16.4. The maximum absolute atomic E-state index is 10.5. The lowest BCUT2D eigenvalue weighted by Gasteiger charge is -2.23. The van der Waals surface area contributed by atoms with Crippen molar-refractivity contribution < 1.29 is 9.90 Å². The van der Waals surface area contributed by atoms with Crippen LogP contribution in [0.15, 0.2) is 12.2 Å². The van der Waals surface area contributed by atoms with Gasteiger partial charge in [-0.1, -0.05) is 12.2 Å². The van der Waals surface area contributed by atoms with E-state index in [2.05, 4.69) is 12.2 Å². The van der Waals surface area contributed by atoms with Gasteiger partial charge in [0, 0.05) is 6.04 Å². The number of allylic oxidation sites excluding steroid dienone is 2. The zero-order valence-corrected chi connectivity index (χ0v) is 7.52. The summed E-state index contributed by atoms with van der Waals surface area (Å²) in [6, 6.07) is -0.155. The first-order valence-corrected chi connectivity index (χ1v) is 4.82. The van der Waals surface area contributed by atoms with Crippen molar-refractivity contribution in [1.82, 2.24) is 0 Å². The summed E-state index contributed by atoms with van der Waals surface area (Å²) in [6.45, 7) is 0. The summed E-state index contributed by atoms with van der Waals surface area (Å²) >= 11 is 0. The Labute approximate surface area is 77.6 Å². The fourth-order valence-corrected chi connectivity index (χ4v) is 2.67. The third-order valence-electron chi connectivity index (χ3n) is 3.29. The Morgan fingerprint density at radius 3 is 2.77 bits per heavy atom. The van der Waals surface area contributed by atoms with Crippen molar-refractivity contribution in [2.24, 2.45) is 23.5 Å². The lowest BCUT2D eigenvalue weighted by Crippen LogP contribution is -2.34. The molecule has 0 aromatic heterocycles. The van der Waals surface area contributed by atoms with Crippen LogP contribution in [0.4, 0.5) is 0 Å². The number of rotatable bonds is 3. The zero-order chi connectivity index (χ0) is 9.42. The Bertz CT molecular complexity index is 249. The first-order chi connectivity index (χ1) is 6.16. The molecule has 13 heavy (non-hydrogen) atoms. The molecule has 72 valence electrons. The van der Waals surface area contributed by atoms with E-state index in [-0.39, 0.29) is 12.5 Å². The number of carboxylic acids is 1. The number of aliphatic carboxylic acids is 1. The number of nitrogens with two attached hydrogens (primary N) is 1. The van der Waals surface area contributed by atoms with Gasteiger partial charge in [0.15, 0.2) is 0 Å². The van der Waals surface area contributed by atoms with E-state index in [4.69, 9.17) is 10.8 Å². The smallest absolute Gasteiger partial charge is 0.304 e. The van der Waals surface area contributed by atoms with Crippen LogP contribution in [0.2, 0.25) is 0 Å². The molecule has 3 N–H and O–H groups in total. The number of carbonyl (C=O) groups is 1. The van der Waals surface area contributed by atoms with Gasteiger partial charge in [0.2, 0.25) is 0 Å². The van der Waals surface area contributed by atoms with Gasteiger partial charge in [-0.3, -0.25) is 4.79 Å². The first kappa shape index (κ1) is 8.75. The highest BCUT2D eigenvalue weighted by Crippen LogP contribution is 2.44. The molecule has 0 aromatic carbocycles. The van der Waals surface area contributed by atoms with Crippen molar-refractivity contribution in [2.45, 2.75) is 25.3 Å². The van der Waals surface area contributed by atoms with Crippen molar-refractivity contribution in [3.05, 3.63) is 12.2 Å². The zero-order valence-electron chi connectivity index (χ0n) is 7.52. The monoisotopic (exact) mass is 181 g/mol. The van der Waals surface area contributed by atoms with E-state index in [9.17, 15) is 4.79 Å². The molecule has 0 radical (unpaired) electrons. The van der Waals surface area contributed by atoms with Gasteiger partial charge >= 0.3 is 5.97 Å². The van der Waals surface area contributed by atoms with Gasteiger partial charge in [-0.2, -0.15) is 0 Å². The normalized spacial score (nSPS) is 38.1. The van der Waals surface area contributed by atoms with E-state index in [1.807, 2.05) is 0 Å². The van der Waals surface area contributed by atoms with E-state index in [0.717, 1.165) is 6.42 Å². The third kappa shape index (κ3) is 1.61. The molecule has 1 saturated carbocycles. The highest BCUT2D eigenvalue weighted by Gasteiger charge is 2.39. The van der Waals surface area contributed by atoms with Crippen LogP contribution in [0.5, 0.6) is 0 Å². The minimum absolute atomic E-state index is 0.113. The quantitative estimate of drug-likeness (QED) is 0.638. The summed E-state index contributed by atoms with van der Waals surface area (Å²) in [4.78, 5) is 10.5. The van der Waals surface area contributed by atoms with Gasteiger partial charge in [0.05, 0.1) is 6.42 Å². The molecule has 0 saturated heterocycles. The summed E-state index contributed by atoms with van der Waals surface area (Å²) in [5.41, 5.74) is 5.85. The standard InChI is InChI=1S/C10H15NO2/c11-9(5-10(12)13)8-4-6-1-2-7(8)3-6/h1-2,6-9H,3-5,11H2,(H,12,13). The molecule has 0 spiro atoms. The van der Waals surface area contributed by atoms with Crippen LogP contribution in [0.25, 0.3) is 0 Å². The Morgan fingerprint density at radius 2 is 2.31 bits per heavy atom. The second-order valence-electron chi connectivity index (χ2n) is 4.21. The second-order valence-corrected chi connectivity index (χ2v) is 4.21. The molecule has 2 aliphatic carbocycles. The summed E-state index contributed by atoms with van der Waals surface area (Å²) in [6.07, 6.45) is 6.85. The molecule has 0 aromatic rings. The molecular formula is C10H15NO2. The molecule has 2 rings (SSSR count). The Kier molecular flexibility index (Phi) is 2.12. The molecular weight excluding hydrogens is 166 g/mol. The van der Waals surface area contributed by atoms with Gasteiger partial charge in [-0.15, -0.1) is 0 Å². The fourth-order valence-electron chi connectivity index (χ4n) is 2.67. The largest absolute Gasteiger partial charge is 0.481 e. The van der Waals surface area contributed by atoms with Crippen molar-refractivity contribution in [2.75, 3.05) is 0 Å². The fraction of sp³-hybridized carbons (Fsp3) is 0.700. The average molecular weight is 181 g/mol. The summed E-state index contributed by atoms with van der Waals surface area (Å²) in [7, 11) is 0.